The maximum absolute atomic E-state index is 5.55. The fraction of sp³-hybridized carbons (Fsp3) is 0.385. The van der Waals surface area contributed by atoms with Gasteiger partial charge in [-0.3, -0.25) is 0 Å². The smallest absolute Gasteiger partial charge is 0.247 e. The Morgan fingerprint density at radius 3 is 2.67 bits per heavy atom. The Kier molecular flexibility index (Phi) is 4.30. The van der Waals surface area contributed by atoms with Crippen LogP contribution in [0.5, 0.6) is 5.75 Å². The summed E-state index contributed by atoms with van der Waals surface area (Å²) in [5.74, 6) is 2.00. The second kappa shape index (κ2) is 6.16. The van der Waals surface area contributed by atoms with Gasteiger partial charge in [0.1, 0.15) is 5.75 Å². The SMILES string of the molecule is CCOc1ccc(-c2nnc(CCCN)o2)cc1. The highest BCUT2D eigenvalue weighted by Crippen LogP contribution is 2.21. The van der Waals surface area contributed by atoms with Gasteiger partial charge in [0, 0.05) is 12.0 Å². The Morgan fingerprint density at radius 1 is 1.22 bits per heavy atom. The predicted molar refractivity (Wildman–Crippen MR) is 68.3 cm³/mol. The van der Waals surface area contributed by atoms with Crippen molar-refractivity contribution in [3.8, 4) is 17.2 Å². The molecule has 0 bridgehead atoms. The monoisotopic (exact) mass is 247 g/mol. The van der Waals surface area contributed by atoms with Crippen molar-refractivity contribution in [2.45, 2.75) is 19.8 Å². The Bertz CT molecular complexity index is 479. The maximum atomic E-state index is 5.55. The molecule has 5 heteroatoms. The number of nitrogens with two attached hydrogens (primary N) is 1. The van der Waals surface area contributed by atoms with Gasteiger partial charge in [0.25, 0.3) is 0 Å². The van der Waals surface area contributed by atoms with Crippen LogP contribution in [0.2, 0.25) is 0 Å². The standard InChI is InChI=1S/C13H17N3O2/c1-2-17-11-7-5-10(6-8-11)13-16-15-12(18-13)4-3-9-14/h5-8H,2-4,9,14H2,1H3. The zero-order valence-corrected chi connectivity index (χ0v) is 10.4. The molecule has 0 unspecified atom stereocenters. The largest absolute Gasteiger partial charge is 0.494 e. The Morgan fingerprint density at radius 2 is 2.00 bits per heavy atom. The normalized spacial score (nSPS) is 10.6. The lowest BCUT2D eigenvalue weighted by Crippen LogP contribution is -2.00. The van der Waals surface area contributed by atoms with Gasteiger partial charge in [0.15, 0.2) is 0 Å². The van der Waals surface area contributed by atoms with Crippen LogP contribution in [-0.2, 0) is 6.42 Å². The summed E-state index contributed by atoms with van der Waals surface area (Å²) in [5.41, 5.74) is 6.33. The van der Waals surface area contributed by atoms with E-state index in [1.165, 1.54) is 0 Å². The van der Waals surface area contributed by atoms with E-state index in [-0.39, 0.29) is 0 Å². The Labute approximate surface area is 106 Å². The quantitative estimate of drug-likeness (QED) is 0.845. The third-order valence-corrected chi connectivity index (χ3v) is 2.47. The van der Waals surface area contributed by atoms with Crippen molar-refractivity contribution in [2.75, 3.05) is 13.2 Å². The van der Waals surface area contributed by atoms with Crippen molar-refractivity contribution >= 4 is 0 Å². The molecule has 1 aromatic heterocycles. The second-order valence-electron chi connectivity index (χ2n) is 3.85. The zero-order chi connectivity index (χ0) is 12.8. The van der Waals surface area contributed by atoms with Crippen molar-refractivity contribution < 1.29 is 9.15 Å². The molecule has 18 heavy (non-hydrogen) atoms. The second-order valence-corrected chi connectivity index (χ2v) is 3.85. The molecule has 0 spiro atoms. The number of aromatic nitrogens is 2. The zero-order valence-electron chi connectivity index (χ0n) is 10.4. The highest BCUT2D eigenvalue weighted by Gasteiger charge is 2.08. The summed E-state index contributed by atoms with van der Waals surface area (Å²) in [5, 5.41) is 8.00. The molecule has 0 saturated heterocycles. The summed E-state index contributed by atoms with van der Waals surface area (Å²) in [7, 11) is 0. The van der Waals surface area contributed by atoms with Crippen LogP contribution >= 0.6 is 0 Å². The van der Waals surface area contributed by atoms with Crippen molar-refractivity contribution in [1.82, 2.24) is 10.2 Å². The molecule has 2 rings (SSSR count). The number of benzene rings is 1. The molecular formula is C13H17N3O2. The van der Waals surface area contributed by atoms with E-state index in [1.54, 1.807) is 0 Å². The summed E-state index contributed by atoms with van der Waals surface area (Å²) in [6.07, 6.45) is 1.57. The van der Waals surface area contributed by atoms with Crippen molar-refractivity contribution in [1.29, 1.82) is 0 Å². The van der Waals surface area contributed by atoms with Gasteiger partial charge in [0.2, 0.25) is 11.8 Å². The van der Waals surface area contributed by atoms with E-state index in [0.29, 0.717) is 24.9 Å². The van der Waals surface area contributed by atoms with E-state index in [4.69, 9.17) is 14.9 Å². The molecule has 0 radical (unpaired) electrons. The molecule has 5 nitrogen and oxygen atoms in total. The van der Waals surface area contributed by atoms with Gasteiger partial charge in [-0.25, -0.2) is 0 Å². The number of hydrogen-bond acceptors (Lipinski definition) is 5. The van der Waals surface area contributed by atoms with Gasteiger partial charge in [-0.2, -0.15) is 0 Å². The average Bonchev–Trinajstić information content (AvgIpc) is 2.86. The molecule has 0 fully saturated rings. The summed E-state index contributed by atoms with van der Waals surface area (Å²) in [4.78, 5) is 0. The summed E-state index contributed by atoms with van der Waals surface area (Å²) >= 11 is 0. The number of nitrogens with zero attached hydrogens (tertiary/aromatic N) is 2. The molecule has 96 valence electrons. The van der Waals surface area contributed by atoms with E-state index in [0.717, 1.165) is 24.2 Å². The fourth-order valence-corrected chi connectivity index (χ4v) is 1.58. The van der Waals surface area contributed by atoms with Crippen molar-refractivity contribution in [3.63, 3.8) is 0 Å². The molecule has 2 N–H and O–H groups in total. The number of rotatable bonds is 6. The first-order chi connectivity index (χ1) is 8.83. The topological polar surface area (TPSA) is 74.2 Å². The van der Waals surface area contributed by atoms with Gasteiger partial charge < -0.3 is 14.9 Å². The van der Waals surface area contributed by atoms with Gasteiger partial charge >= 0.3 is 0 Å². The number of ether oxygens (including phenoxy) is 1. The summed E-state index contributed by atoms with van der Waals surface area (Å²) < 4.78 is 10.9. The third kappa shape index (κ3) is 3.07. The lowest BCUT2D eigenvalue weighted by atomic mass is 10.2. The molecule has 0 saturated carbocycles. The summed E-state index contributed by atoms with van der Waals surface area (Å²) in [6.45, 7) is 3.24. The Balaban J connectivity index is 2.08. The van der Waals surface area contributed by atoms with E-state index in [9.17, 15) is 0 Å². The first-order valence-corrected chi connectivity index (χ1v) is 6.09. The average molecular weight is 247 g/mol. The lowest BCUT2D eigenvalue weighted by Gasteiger charge is -2.02. The van der Waals surface area contributed by atoms with E-state index in [1.807, 2.05) is 31.2 Å². The van der Waals surface area contributed by atoms with Crippen LogP contribution in [0.15, 0.2) is 28.7 Å². The minimum absolute atomic E-state index is 0.532. The number of hydrogen-bond donors (Lipinski definition) is 1. The van der Waals surface area contributed by atoms with Crippen molar-refractivity contribution in [2.24, 2.45) is 5.73 Å². The first-order valence-electron chi connectivity index (χ1n) is 6.09. The van der Waals surface area contributed by atoms with Crippen molar-refractivity contribution in [3.05, 3.63) is 30.2 Å². The van der Waals surface area contributed by atoms with Gasteiger partial charge in [-0.05, 0) is 44.2 Å². The van der Waals surface area contributed by atoms with Crippen LogP contribution in [0.1, 0.15) is 19.2 Å². The minimum atomic E-state index is 0.532. The lowest BCUT2D eigenvalue weighted by molar-refractivity contribution is 0.340. The molecular weight excluding hydrogens is 230 g/mol. The number of aryl methyl sites for hydroxylation is 1. The van der Waals surface area contributed by atoms with E-state index >= 15 is 0 Å². The van der Waals surface area contributed by atoms with Gasteiger partial charge in [-0.1, -0.05) is 0 Å². The van der Waals surface area contributed by atoms with Crippen LogP contribution in [0.3, 0.4) is 0 Å². The third-order valence-electron chi connectivity index (χ3n) is 2.47. The molecule has 1 heterocycles. The molecule has 2 aromatic rings. The Hall–Kier alpha value is -1.88. The van der Waals surface area contributed by atoms with Gasteiger partial charge in [-0.15, -0.1) is 10.2 Å². The molecule has 0 amide bonds. The summed E-state index contributed by atoms with van der Waals surface area (Å²) in [6, 6.07) is 7.60. The first kappa shape index (κ1) is 12.6. The maximum Gasteiger partial charge on any atom is 0.247 e. The molecule has 0 aliphatic rings. The predicted octanol–water partition coefficient (Wildman–Crippen LogP) is 2.03. The molecule has 0 aliphatic carbocycles. The molecule has 0 atom stereocenters. The fourth-order valence-electron chi connectivity index (χ4n) is 1.58. The molecule has 1 aromatic carbocycles. The van der Waals surface area contributed by atoms with Crippen LogP contribution in [-0.4, -0.2) is 23.3 Å². The van der Waals surface area contributed by atoms with Crippen LogP contribution in [0, 0.1) is 0 Å². The van der Waals surface area contributed by atoms with Gasteiger partial charge in [0.05, 0.1) is 6.61 Å². The minimum Gasteiger partial charge on any atom is -0.494 e. The van der Waals surface area contributed by atoms with E-state index < -0.39 is 0 Å². The molecule has 0 aliphatic heterocycles. The van der Waals surface area contributed by atoms with Crippen LogP contribution in [0.4, 0.5) is 0 Å². The highest BCUT2D eigenvalue weighted by molar-refractivity contribution is 5.53. The van der Waals surface area contributed by atoms with E-state index in [2.05, 4.69) is 10.2 Å². The highest BCUT2D eigenvalue weighted by atomic mass is 16.5. The van der Waals surface area contributed by atoms with Crippen LogP contribution < -0.4 is 10.5 Å². The van der Waals surface area contributed by atoms with Crippen LogP contribution in [0.25, 0.3) is 11.5 Å².